The highest BCUT2D eigenvalue weighted by molar-refractivity contribution is 7.81. The molecule has 4 heteroatoms. The van der Waals surface area contributed by atoms with E-state index in [1.165, 1.54) is 0 Å². The molecule has 1 saturated heterocycles. The average Bonchev–Trinajstić information content (AvgIpc) is 2.20. The Morgan fingerprint density at radius 1 is 1.50 bits per heavy atom. The van der Waals surface area contributed by atoms with Gasteiger partial charge in [0.1, 0.15) is 0 Å². The summed E-state index contributed by atoms with van der Waals surface area (Å²) in [6.07, 6.45) is 2.33. The zero-order valence-corrected chi connectivity index (χ0v) is 9.94. The molecule has 0 radical (unpaired) electrons. The van der Waals surface area contributed by atoms with Gasteiger partial charge in [0.25, 0.3) is 0 Å². The van der Waals surface area contributed by atoms with Crippen molar-refractivity contribution in [2.24, 2.45) is 5.41 Å². The molecule has 1 fully saturated rings. The first kappa shape index (κ1) is 11.9. The number of nitrogens with one attached hydrogen (secondary N) is 1. The Balaban J connectivity index is 2.31. The largest absolute Gasteiger partial charge is 0.355 e. The van der Waals surface area contributed by atoms with Crippen LogP contribution in [0.4, 0.5) is 0 Å². The molecule has 0 spiro atoms. The molecule has 1 amide bonds. The molecular formula is C10H20N2OS. The van der Waals surface area contributed by atoms with E-state index in [-0.39, 0.29) is 17.1 Å². The van der Waals surface area contributed by atoms with Gasteiger partial charge in [0.05, 0.1) is 5.75 Å². The van der Waals surface area contributed by atoms with Crippen LogP contribution in [0.25, 0.3) is 0 Å². The maximum Gasteiger partial charge on any atom is 0.229 e. The smallest absolute Gasteiger partial charge is 0.229 e. The van der Waals surface area contributed by atoms with Gasteiger partial charge in [-0.2, -0.15) is 12.6 Å². The lowest BCUT2D eigenvalue weighted by molar-refractivity contribution is -0.119. The molecule has 1 aliphatic heterocycles. The SMILES string of the molecule is CN1CCC(C)(CNC(=O)CS)CC1. The molecule has 14 heavy (non-hydrogen) atoms. The Kier molecular flexibility index (Phi) is 4.26. The molecule has 1 rings (SSSR count). The van der Waals surface area contributed by atoms with E-state index in [9.17, 15) is 4.79 Å². The van der Waals surface area contributed by atoms with Crippen molar-refractivity contribution >= 4 is 18.5 Å². The maximum absolute atomic E-state index is 11.1. The van der Waals surface area contributed by atoms with E-state index in [1.54, 1.807) is 0 Å². The number of hydrogen-bond acceptors (Lipinski definition) is 3. The summed E-state index contributed by atoms with van der Waals surface area (Å²) in [5, 5.41) is 2.92. The fraction of sp³-hybridized carbons (Fsp3) is 0.900. The first-order chi connectivity index (χ1) is 6.56. The van der Waals surface area contributed by atoms with Gasteiger partial charge < -0.3 is 10.2 Å². The van der Waals surface area contributed by atoms with Gasteiger partial charge >= 0.3 is 0 Å². The summed E-state index contributed by atoms with van der Waals surface area (Å²) in [4.78, 5) is 13.4. The van der Waals surface area contributed by atoms with Gasteiger partial charge in [-0.25, -0.2) is 0 Å². The Labute approximate surface area is 91.6 Å². The van der Waals surface area contributed by atoms with Gasteiger partial charge in [0.15, 0.2) is 0 Å². The minimum atomic E-state index is 0.0356. The number of likely N-dealkylation sites (tertiary alicyclic amines) is 1. The summed E-state index contributed by atoms with van der Waals surface area (Å²) < 4.78 is 0. The van der Waals surface area contributed by atoms with E-state index in [0.29, 0.717) is 0 Å². The maximum atomic E-state index is 11.1. The summed E-state index contributed by atoms with van der Waals surface area (Å²) >= 11 is 3.93. The van der Waals surface area contributed by atoms with Crippen LogP contribution in [0.2, 0.25) is 0 Å². The van der Waals surface area contributed by atoms with Gasteiger partial charge in [0.2, 0.25) is 5.91 Å². The molecular weight excluding hydrogens is 196 g/mol. The van der Waals surface area contributed by atoms with Crippen molar-refractivity contribution in [3.63, 3.8) is 0 Å². The first-order valence-electron chi connectivity index (χ1n) is 5.12. The van der Waals surface area contributed by atoms with Crippen LogP contribution in [0, 0.1) is 5.41 Å². The van der Waals surface area contributed by atoms with Crippen molar-refractivity contribution in [3.8, 4) is 0 Å². The number of piperidine rings is 1. The van der Waals surface area contributed by atoms with Crippen molar-refractivity contribution in [1.29, 1.82) is 0 Å². The Hall–Kier alpha value is -0.220. The van der Waals surface area contributed by atoms with Crippen molar-refractivity contribution in [1.82, 2.24) is 10.2 Å². The minimum absolute atomic E-state index is 0.0356. The third-order valence-corrected chi connectivity index (χ3v) is 3.34. The monoisotopic (exact) mass is 216 g/mol. The Bertz CT molecular complexity index is 200. The minimum Gasteiger partial charge on any atom is -0.355 e. The predicted octanol–water partition coefficient (Wildman–Crippen LogP) is 0.764. The normalized spacial score (nSPS) is 21.9. The van der Waals surface area contributed by atoms with E-state index in [1.807, 2.05) is 0 Å². The second kappa shape index (κ2) is 5.03. The molecule has 0 saturated carbocycles. The summed E-state index contributed by atoms with van der Waals surface area (Å²) in [6, 6.07) is 0. The van der Waals surface area contributed by atoms with Gasteiger partial charge in [-0.1, -0.05) is 6.92 Å². The number of carbonyl (C=O) groups excluding carboxylic acids is 1. The van der Waals surface area contributed by atoms with Crippen molar-refractivity contribution in [2.75, 3.05) is 32.4 Å². The Morgan fingerprint density at radius 3 is 2.57 bits per heavy atom. The summed E-state index contributed by atoms with van der Waals surface area (Å²) in [5.41, 5.74) is 0.283. The molecule has 0 aromatic heterocycles. The van der Waals surface area contributed by atoms with Crippen molar-refractivity contribution < 1.29 is 4.79 Å². The van der Waals surface area contributed by atoms with Gasteiger partial charge in [-0.3, -0.25) is 4.79 Å². The van der Waals surface area contributed by atoms with Crippen molar-refractivity contribution in [2.45, 2.75) is 19.8 Å². The van der Waals surface area contributed by atoms with Gasteiger partial charge in [-0.05, 0) is 38.4 Å². The molecule has 1 heterocycles. The molecule has 0 unspecified atom stereocenters. The second-order valence-corrected chi connectivity index (χ2v) is 4.87. The number of nitrogens with zero attached hydrogens (tertiary/aromatic N) is 1. The highest BCUT2D eigenvalue weighted by atomic mass is 32.1. The standard InChI is InChI=1S/C10H20N2OS/c1-10(8-11-9(13)7-14)3-5-12(2)6-4-10/h14H,3-8H2,1-2H3,(H,11,13). The molecule has 1 N–H and O–H groups in total. The lowest BCUT2D eigenvalue weighted by Crippen LogP contribution is -2.43. The van der Waals surface area contributed by atoms with Crippen LogP contribution >= 0.6 is 12.6 Å². The highest BCUT2D eigenvalue weighted by Crippen LogP contribution is 2.29. The molecule has 0 aromatic carbocycles. The van der Waals surface area contributed by atoms with Gasteiger partial charge in [0, 0.05) is 6.54 Å². The first-order valence-corrected chi connectivity index (χ1v) is 5.75. The third kappa shape index (κ3) is 3.50. The zero-order valence-electron chi connectivity index (χ0n) is 9.05. The van der Waals surface area contributed by atoms with E-state index in [2.05, 4.69) is 36.8 Å². The number of thiol groups is 1. The molecule has 3 nitrogen and oxygen atoms in total. The fourth-order valence-electron chi connectivity index (χ4n) is 1.70. The molecule has 82 valence electrons. The topological polar surface area (TPSA) is 32.3 Å². The van der Waals surface area contributed by atoms with Crippen LogP contribution in [0.15, 0.2) is 0 Å². The molecule has 0 aromatic rings. The molecule has 0 atom stereocenters. The summed E-state index contributed by atoms with van der Waals surface area (Å²) in [7, 11) is 2.14. The van der Waals surface area contributed by atoms with E-state index >= 15 is 0 Å². The second-order valence-electron chi connectivity index (χ2n) is 4.55. The number of hydrogen-bond donors (Lipinski definition) is 2. The van der Waals surface area contributed by atoms with Crippen LogP contribution in [-0.2, 0) is 4.79 Å². The third-order valence-electron chi connectivity index (χ3n) is 3.05. The van der Waals surface area contributed by atoms with Crippen LogP contribution < -0.4 is 5.32 Å². The lowest BCUT2D eigenvalue weighted by atomic mass is 9.80. The van der Waals surface area contributed by atoms with E-state index < -0.39 is 0 Å². The fourth-order valence-corrected chi connectivity index (χ4v) is 1.81. The highest BCUT2D eigenvalue weighted by Gasteiger charge is 2.28. The van der Waals surface area contributed by atoms with Gasteiger partial charge in [-0.15, -0.1) is 0 Å². The van der Waals surface area contributed by atoms with Crippen LogP contribution in [-0.4, -0.2) is 43.2 Å². The number of carbonyl (C=O) groups is 1. The van der Waals surface area contributed by atoms with Crippen LogP contribution in [0.3, 0.4) is 0 Å². The molecule has 1 aliphatic rings. The van der Waals surface area contributed by atoms with Crippen LogP contribution in [0.1, 0.15) is 19.8 Å². The quantitative estimate of drug-likeness (QED) is 0.683. The van der Waals surface area contributed by atoms with Crippen molar-refractivity contribution in [3.05, 3.63) is 0 Å². The summed E-state index contributed by atoms with van der Waals surface area (Å²) in [5.74, 6) is 0.323. The van der Waals surface area contributed by atoms with Crippen LogP contribution in [0.5, 0.6) is 0 Å². The van der Waals surface area contributed by atoms with E-state index in [4.69, 9.17) is 0 Å². The number of amides is 1. The average molecular weight is 216 g/mol. The zero-order chi connectivity index (χ0) is 10.6. The predicted molar refractivity (Wildman–Crippen MR) is 61.7 cm³/mol. The molecule has 0 aliphatic carbocycles. The Morgan fingerprint density at radius 2 is 2.07 bits per heavy atom. The molecule has 0 bridgehead atoms. The van der Waals surface area contributed by atoms with E-state index in [0.717, 1.165) is 32.5 Å². The summed E-state index contributed by atoms with van der Waals surface area (Å²) in [6.45, 7) is 5.31. The lowest BCUT2D eigenvalue weighted by Gasteiger charge is -2.37. The number of rotatable bonds is 3.